The van der Waals surface area contributed by atoms with Crippen molar-refractivity contribution >= 4 is 12.3 Å². The Balaban J connectivity index is 2.21. The van der Waals surface area contributed by atoms with Crippen LogP contribution in [0.25, 0.3) is 0 Å². The summed E-state index contributed by atoms with van der Waals surface area (Å²) in [6.45, 7) is 1.90. The third-order valence-electron chi connectivity index (χ3n) is 2.77. The zero-order valence-corrected chi connectivity index (χ0v) is 10.9. The van der Waals surface area contributed by atoms with Gasteiger partial charge >= 0.3 is 5.97 Å². The van der Waals surface area contributed by atoms with E-state index in [0.717, 1.165) is 6.29 Å². The van der Waals surface area contributed by atoms with Crippen molar-refractivity contribution < 1.29 is 19.4 Å². The van der Waals surface area contributed by atoms with Crippen LogP contribution in [0.15, 0.2) is 36.4 Å². The lowest BCUT2D eigenvalue weighted by atomic mass is 10.2. The fourth-order valence-electron chi connectivity index (χ4n) is 1.73. The van der Waals surface area contributed by atoms with Crippen LogP contribution in [0, 0.1) is 0 Å². The van der Waals surface area contributed by atoms with Crippen LogP contribution in [0.3, 0.4) is 0 Å². The van der Waals surface area contributed by atoms with Crippen LogP contribution in [0.4, 0.5) is 0 Å². The summed E-state index contributed by atoms with van der Waals surface area (Å²) in [5.41, 5.74) is 1.40. The minimum absolute atomic E-state index is 0.191. The zero-order valence-electron chi connectivity index (χ0n) is 10.9. The molecule has 0 amide bonds. The average Bonchev–Trinajstić information content (AvgIpc) is 2.47. The molecular formula is C15H13NO4. The largest absolute Gasteiger partial charge is 0.478 e. The van der Waals surface area contributed by atoms with E-state index in [2.05, 4.69) is 4.98 Å². The molecule has 1 N–H and O–H groups in total. The topological polar surface area (TPSA) is 76.5 Å². The van der Waals surface area contributed by atoms with E-state index in [4.69, 9.17) is 9.84 Å². The van der Waals surface area contributed by atoms with Gasteiger partial charge < -0.3 is 9.84 Å². The number of carboxylic acids is 1. The van der Waals surface area contributed by atoms with Gasteiger partial charge in [0.05, 0.1) is 11.3 Å². The van der Waals surface area contributed by atoms with Crippen molar-refractivity contribution in [3.63, 3.8) is 0 Å². The molecular weight excluding hydrogens is 258 g/mol. The van der Waals surface area contributed by atoms with E-state index in [1.165, 1.54) is 12.1 Å². The summed E-state index contributed by atoms with van der Waals surface area (Å²) < 4.78 is 5.54. The first kappa shape index (κ1) is 13.7. The first-order valence-electron chi connectivity index (χ1n) is 6.10. The third-order valence-corrected chi connectivity index (χ3v) is 2.77. The van der Waals surface area contributed by atoms with Gasteiger partial charge in [-0.2, -0.15) is 0 Å². The molecule has 0 saturated carbocycles. The first-order chi connectivity index (χ1) is 9.63. The SMILES string of the molecule is CCc1nc(Oc2ccc(C(=O)O)cc2)ccc1C=O. The van der Waals surface area contributed by atoms with Gasteiger partial charge in [0.1, 0.15) is 5.75 Å². The van der Waals surface area contributed by atoms with Crippen LogP contribution < -0.4 is 4.74 Å². The molecule has 0 bridgehead atoms. The highest BCUT2D eigenvalue weighted by Gasteiger charge is 2.06. The second kappa shape index (κ2) is 5.97. The number of hydrogen-bond acceptors (Lipinski definition) is 4. The molecule has 0 spiro atoms. The number of aromatic carboxylic acids is 1. The normalized spacial score (nSPS) is 10.1. The van der Waals surface area contributed by atoms with E-state index >= 15 is 0 Å². The van der Waals surface area contributed by atoms with E-state index in [1.807, 2.05) is 6.92 Å². The molecule has 102 valence electrons. The summed E-state index contributed by atoms with van der Waals surface area (Å²) in [7, 11) is 0. The second-order valence-corrected chi connectivity index (χ2v) is 4.09. The Bertz CT molecular complexity index is 635. The highest BCUT2D eigenvalue weighted by Crippen LogP contribution is 2.21. The summed E-state index contributed by atoms with van der Waals surface area (Å²) in [5, 5.41) is 8.81. The van der Waals surface area contributed by atoms with Crippen molar-refractivity contribution in [1.82, 2.24) is 4.98 Å². The molecule has 0 fully saturated rings. The fourth-order valence-corrected chi connectivity index (χ4v) is 1.73. The van der Waals surface area contributed by atoms with Crippen LogP contribution in [-0.2, 0) is 6.42 Å². The summed E-state index contributed by atoms with van der Waals surface area (Å²) in [4.78, 5) is 25.8. The molecule has 2 aromatic rings. The Labute approximate surface area is 115 Å². The fraction of sp³-hybridized carbons (Fsp3) is 0.133. The van der Waals surface area contributed by atoms with Gasteiger partial charge in [-0.25, -0.2) is 9.78 Å². The number of ether oxygens (including phenoxy) is 1. The predicted molar refractivity (Wildman–Crippen MR) is 72.5 cm³/mol. The maximum Gasteiger partial charge on any atom is 0.335 e. The van der Waals surface area contributed by atoms with E-state index < -0.39 is 5.97 Å². The zero-order chi connectivity index (χ0) is 14.5. The van der Waals surface area contributed by atoms with Crippen LogP contribution in [0.2, 0.25) is 0 Å². The van der Waals surface area contributed by atoms with E-state index in [-0.39, 0.29) is 5.56 Å². The summed E-state index contributed by atoms with van der Waals surface area (Å²) >= 11 is 0. The van der Waals surface area contributed by atoms with Gasteiger partial charge in [0.15, 0.2) is 6.29 Å². The number of aromatic nitrogens is 1. The number of pyridine rings is 1. The van der Waals surface area contributed by atoms with Gasteiger partial charge in [-0.05, 0) is 36.8 Å². The summed E-state index contributed by atoms with van der Waals surface area (Å²) in [6, 6.07) is 9.29. The number of aldehydes is 1. The Hall–Kier alpha value is -2.69. The Kier molecular flexibility index (Phi) is 4.10. The molecule has 0 aliphatic carbocycles. The maximum absolute atomic E-state index is 10.8. The highest BCUT2D eigenvalue weighted by molar-refractivity contribution is 5.87. The molecule has 1 aromatic carbocycles. The van der Waals surface area contributed by atoms with Gasteiger partial charge in [-0.1, -0.05) is 6.92 Å². The lowest BCUT2D eigenvalue weighted by Crippen LogP contribution is -1.98. The van der Waals surface area contributed by atoms with Crippen molar-refractivity contribution in [3.05, 3.63) is 53.2 Å². The molecule has 0 unspecified atom stereocenters. The quantitative estimate of drug-likeness (QED) is 0.846. The van der Waals surface area contributed by atoms with Gasteiger partial charge in [0.25, 0.3) is 0 Å². The molecule has 2 rings (SSSR count). The number of nitrogens with zero attached hydrogens (tertiary/aromatic N) is 1. The number of carbonyl (C=O) groups is 2. The van der Waals surface area contributed by atoms with Crippen LogP contribution >= 0.6 is 0 Å². The minimum atomic E-state index is -0.988. The van der Waals surface area contributed by atoms with Crippen molar-refractivity contribution in [2.24, 2.45) is 0 Å². The number of rotatable bonds is 5. The van der Waals surface area contributed by atoms with Crippen molar-refractivity contribution in [3.8, 4) is 11.6 Å². The number of aryl methyl sites for hydroxylation is 1. The first-order valence-corrected chi connectivity index (χ1v) is 6.10. The average molecular weight is 271 g/mol. The van der Waals surface area contributed by atoms with Gasteiger partial charge in [-0.15, -0.1) is 0 Å². The highest BCUT2D eigenvalue weighted by atomic mass is 16.5. The van der Waals surface area contributed by atoms with Crippen LogP contribution in [0.1, 0.15) is 33.3 Å². The van der Waals surface area contributed by atoms with Crippen molar-refractivity contribution in [2.45, 2.75) is 13.3 Å². The predicted octanol–water partition coefficient (Wildman–Crippen LogP) is 2.95. The molecule has 1 heterocycles. The smallest absolute Gasteiger partial charge is 0.335 e. The molecule has 0 aliphatic rings. The van der Waals surface area contributed by atoms with Gasteiger partial charge in [0, 0.05) is 11.6 Å². The monoisotopic (exact) mass is 271 g/mol. The Morgan fingerprint density at radius 1 is 1.25 bits per heavy atom. The Morgan fingerprint density at radius 2 is 1.95 bits per heavy atom. The number of carboxylic acid groups (broad SMARTS) is 1. The number of carbonyl (C=O) groups excluding carboxylic acids is 1. The van der Waals surface area contributed by atoms with Crippen LogP contribution in [-0.4, -0.2) is 22.3 Å². The molecule has 5 heteroatoms. The molecule has 5 nitrogen and oxygen atoms in total. The lowest BCUT2D eigenvalue weighted by Gasteiger charge is -2.07. The third kappa shape index (κ3) is 3.00. The second-order valence-electron chi connectivity index (χ2n) is 4.09. The summed E-state index contributed by atoms with van der Waals surface area (Å²) in [6.07, 6.45) is 1.39. The van der Waals surface area contributed by atoms with Gasteiger partial charge in [0.2, 0.25) is 5.88 Å². The van der Waals surface area contributed by atoms with E-state index in [0.29, 0.717) is 29.3 Å². The van der Waals surface area contributed by atoms with Crippen molar-refractivity contribution in [2.75, 3.05) is 0 Å². The molecule has 20 heavy (non-hydrogen) atoms. The Morgan fingerprint density at radius 3 is 2.50 bits per heavy atom. The minimum Gasteiger partial charge on any atom is -0.478 e. The maximum atomic E-state index is 10.8. The molecule has 0 saturated heterocycles. The van der Waals surface area contributed by atoms with E-state index in [1.54, 1.807) is 24.3 Å². The number of benzene rings is 1. The lowest BCUT2D eigenvalue weighted by molar-refractivity contribution is 0.0696. The molecule has 0 radical (unpaired) electrons. The van der Waals surface area contributed by atoms with Crippen molar-refractivity contribution in [1.29, 1.82) is 0 Å². The van der Waals surface area contributed by atoms with E-state index in [9.17, 15) is 9.59 Å². The standard InChI is InChI=1S/C15H13NO4/c1-2-13-11(9-17)5-8-14(16-13)20-12-6-3-10(4-7-12)15(18)19/h3-9H,2H2,1H3,(H,18,19). The molecule has 0 aliphatic heterocycles. The van der Waals surface area contributed by atoms with Crippen LogP contribution in [0.5, 0.6) is 11.6 Å². The molecule has 0 atom stereocenters. The number of hydrogen-bond donors (Lipinski definition) is 1. The summed E-state index contributed by atoms with van der Waals surface area (Å²) in [5.74, 6) is -0.128. The molecule has 1 aromatic heterocycles. The van der Waals surface area contributed by atoms with Gasteiger partial charge in [-0.3, -0.25) is 4.79 Å².